The first-order chi connectivity index (χ1) is 11.5. The molecule has 0 spiro atoms. The molecule has 1 atom stereocenters. The Hall–Kier alpha value is -2.39. The van der Waals surface area contributed by atoms with Crippen molar-refractivity contribution in [1.82, 2.24) is 0 Å². The zero-order chi connectivity index (χ0) is 18.9. The molecule has 9 heteroatoms. The summed E-state index contributed by atoms with van der Waals surface area (Å²) in [7, 11) is -3.90. The SMILES string of the molecule is CC(O)(C(=O)Nc1cccc(S(=O)(=O)c2ccccc2)c1)C(F)(F)F. The van der Waals surface area contributed by atoms with Gasteiger partial charge >= 0.3 is 6.18 Å². The number of benzene rings is 2. The van der Waals surface area contributed by atoms with Crippen LogP contribution in [0.5, 0.6) is 0 Å². The fourth-order valence-corrected chi connectivity index (χ4v) is 3.19. The molecule has 0 aliphatic heterocycles. The fourth-order valence-electron chi connectivity index (χ4n) is 1.86. The molecule has 0 saturated carbocycles. The van der Waals surface area contributed by atoms with E-state index in [0.717, 1.165) is 6.07 Å². The van der Waals surface area contributed by atoms with Gasteiger partial charge in [0.15, 0.2) is 0 Å². The number of alkyl halides is 3. The van der Waals surface area contributed by atoms with Gasteiger partial charge in [0.2, 0.25) is 15.4 Å². The number of carbonyl (C=O) groups excluding carboxylic acids is 1. The number of amides is 1. The lowest BCUT2D eigenvalue weighted by Crippen LogP contribution is -2.52. The van der Waals surface area contributed by atoms with E-state index in [1.807, 2.05) is 5.32 Å². The highest BCUT2D eigenvalue weighted by Gasteiger charge is 2.55. The molecule has 0 aliphatic rings. The van der Waals surface area contributed by atoms with Crippen molar-refractivity contribution >= 4 is 21.4 Å². The average molecular weight is 373 g/mol. The van der Waals surface area contributed by atoms with Crippen LogP contribution in [0.25, 0.3) is 0 Å². The van der Waals surface area contributed by atoms with Crippen molar-refractivity contribution in [3.8, 4) is 0 Å². The first-order valence-corrected chi connectivity index (χ1v) is 8.45. The van der Waals surface area contributed by atoms with E-state index in [0.29, 0.717) is 6.92 Å². The third-order valence-electron chi connectivity index (χ3n) is 3.45. The molecular formula is C16H14F3NO4S. The molecule has 0 aliphatic carbocycles. The average Bonchev–Trinajstić information content (AvgIpc) is 2.54. The molecular weight excluding hydrogens is 359 g/mol. The van der Waals surface area contributed by atoms with Gasteiger partial charge in [-0.2, -0.15) is 13.2 Å². The molecule has 2 rings (SSSR count). The molecule has 0 aromatic heterocycles. The van der Waals surface area contributed by atoms with Gasteiger partial charge in [-0.15, -0.1) is 0 Å². The Bertz CT molecular complexity index is 878. The number of rotatable bonds is 4. The first kappa shape index (κ1) is 18.9. The maximum Gasteiger partial charge on any atom is 0.426 e. The van der Waals surface area contributed by atoms with Crippen LogP contribution in [0.4, 0.5) is 18.9 Å². The van der Waals surface area contributed by atoms with Crippen molar-refractivity contribution in [3.05, 3.63) is 54.6 Å². The molecule has 134 valence electrons. The molecule has 0 fully saturated rings. The molecule has 2 aromatic carbocycles. The van der Waals surface area contributed by atoms with Crippen molar-refractivity contribution in [2.45, 2.75) is 28.5 Å². The molecule has 0 heterocycles. The third-order valence-corrected chi connectivity index (χ3v) is 5.22. The van der Waals surface area contributed by atoms with Crippen LogP contribution in [-0.4, -0.2) is 31.2 Å². The summed E-state index contributed by atoms with van der Waals surface area (Å²) in [4.78, 5) is 11.5. The van der Waals surface area contributed by atoms with E-state index in [1.165, 1.54) is 42.5 Å². The van der Waals surface area contributed by atoms with Crippen LogP contribution in [0.1, 0.15) is 6.92 Å². The molecule has 0 radical (unpaired) electrons. The first-order valence-electron chi connectivity index (χ1n) is 6.97. The molecule has 0 saturated heterocycles. The fraction of sp³-hybridized carbons (Fsp3) is 0.188. The van der Waals surface area contributed by atoms with Crippen LogP contribution < -0.4 is 5.32 Å². The van der Waals surface area contributed by atoms with Gasteiger partial charge in [0.1, 0.15) is 0 Å². The summed E-state index contributed by atoms with van der Waals surface area (Å²) < 4.78 is 63.0. The summed E-state index contributed by atoms with van der Waals surface area (Å²) in [6.07, 6.45) is -5.18. The van der Waals surface area contributed by atoms with Crippen molar-refractivity contribution in [1.29, 1.82) is 0 Å². The zero-order valence-corrected chi connectivity index (χ0v) is 13.7. The van der Waals surface area contributed by atoms with Gasteiger partial charge in [-0.05, 0) is 37.3 Å². The maximum atomic E-state index is 12.7. The zero-order valence-electron chi connectivity index (χ0n) is 12.9. The Morgan fingerprint density at radius 2 is 1.56 bits per heavy atom. The van der Waals surface area contributed by atoms with Crippen molar-refractivity contribution < 1.29 is 31.5 Å². The summed E-state index contributed by atoms with van der Waals surface area (Å²) in [5.74, 6) is -1.71. The quantitative estimate of drug-likeness (QED) is 0.863. The van der Waals surface area contributed by atoms with Crippen LogP contribution in [-0.2, 0) is 14.6 Å². The number of aliphatic hydroxyl groups is 1. The molecule has 1 amide bonds. The third kappa shape index (κ3) is 3.83. The second kappa shape index (κ2) is 6.49. The number of sulfone groups is 1. The molecule has 0 bridgehead atoms. The predicted octanol–water partition coefficient (Wildman–Crippen LogP) is 2.77. The highest BCUT2D eigenvalue weighted by molar-refractivity contribution is 7.91. The van der Waals surface area contributed by atoms with E-state index in [4.69, 9.17) is 0 Å². The smallest absolute Gasteiger partial charge is 0.373 e. The Morgan fingerprint density at radius 1 is 1.00 bits per heavy atom. The number of carbonyl (C=O) groups is 1. The van der Waals surface area contributed by atoms with Gasteiger partial charge < -0.3 is 10.4 Å². The predicted molar refractivity (Wildman–Crippen MR) is 83.6 cm³/mol. The molecule has 5 nitrogen and oxygen atoms in total. The second-order valence-corrected chi connectivity index (χ2v) is 7.32. The summed E-state index contributed by atoms with van der Waals surface area (Å²) >= 11 is 0. The number of hydrogen-bond acceptors (Lipinski definition) is 4. The second-order valence-electron chi connectivity index (χ2n) is 5.37. The van der Waals surface area contributed by atoms with Crippen LogP contribution in [0.3, 0.4) is 0 Å². The van der Waals surface area contributed by atoms with E-state index in [2.05, 4.69) is 0 Å². The lowest BCUT2D eigenvalue weighted by atomic mass is 10.1. The highest BCUT2D eigenvalue weighted by atomic mass is 32.2. The molecule has 25 heavy (non-hydrogen) atoms. The van der Waals surface area contributed by atoms with Crippen LogP contribution in [0.15, 0.2) is 64.4 Å². The minimum atomic E-state index is -5.18. The number of halogens is 3. The normalized spacial score (nSPS) is 14.6. The van der Waals surface area contributed by atoms with Gasteiger partial charge in [-0.25, -0.2) is 8.42 Å². The summed E-state index contributed by atoms with van der Waals surface area (Å²) in [6, 6.07) is 12.2. The summed E-state index contributed by atoms with van der Waals surface area (Å²) in [5, 5.41) is 11.2. The highest BCUT2D eigenvalue weighted by Crippen LogP contribution is 2.31. The van der Waals surface area contributed by atoms with E-state index in [-0.39, 0.29) is 15.5 Å². The van der Waals surface area contributed by atoms with E-state index in [1.54, 1.807) is 6.07 Å². The topological polar surface area (TPSA) is 83.5 Å². The largest absolute Gasteiger partial charge is 0.426 e. The minimum absolute atomic E-state index is 0.000708. The van der Waals surface area contributed by atoms with Gasteiger partial charge in [0.25, 0.3) is 5.91 Å². The number of nitrogens with one attached hydrogen (secondary N) is 1. The Morgan fingerprint density at radius 3 is 2.12 bits per heavy atom. The Labute approximate surface area is 142 Å². The van der Waals surface area contributed by atoms with Gasteiger partial charge in [0.05, 0.1) is 9.79 Å². The van der Waals surface area contributed by atoms with Gasteiger partial charge in [-0.1, -0.05) is 24.3 Å². The minimum Gasteiger partial charge on any atom is -0.373 e. The van der Waals surface area contributed by atoms with Crippen LogP contribution >= 0.6 is 0 Å². The van der Waals surface area contributed by atoms with E-state index < -0.39 is 27.5 Å². The Kier molecular flexibility index (Phi) is 4.92. The molecule has 1 unspecified atom stereocenters. The maximum absolute atomic E-state index is 12.7. The van der Waals surface area contributed by atoms with E-state index in [9.17, 15) is 31.5 Å². The summed E-state index contributed by atoms with van der Waals surface area (Å²) in [6.45, 7) is 0.312. The van der Waals surface area contributed by atoms with Crippen molar-refractivity contribution in [3.63, 3.8) is 0 Å². The number of anilines is 1. The lowest BCUT2D eigenvalue weighted by molar-refractivity contribution is -0.242. The monoisotopic (exact) mass is 373 g/mol. The van der Waals surface area contributed by atoms with E-state index >= 15 is 0 Å². The van der Waals surface area contributed by atoms with Crippen LogP contribution in [0.2, 0.25) is 0 Å². The van der Waals surface area contributed by atoms with Crippen molar-refractivity contribution in [2.24, 2.45) is 0 Å². The molecule has 2 N–H and O–H groups in total. The lowest BCUT2D eigenvalue weighted by Gasteiger charge is -2.24. The van der Waals surface area contributed by atoms with Gasteiger partial charge in [-0.3, -0.25) is 4.79 Å². The van der Waals surface area contributed by atoms with Crippen LogP contribution in [0, 0.1) is 0 Å². The standard InChI is InChI=1S/C16H14F3NO4S/c1-15(22,16(17,18)19)14(21)20-11-6-5-9-13(10-11)25(23,24)12-7-3-2-4-8-12/h2-10,22H,1H3,(H,20,21). The van der Waals surface area contributed by atoms with Gasteiger partial charge in [0, 0.05) is 5.69 Å². The number of hydrogen-bond donors (Lipinski definition) is 2. The Balaban J connectivity index is 2.33. The van der Waals surface area contributed by atoms with Crippen molar-refractivity contribution in [2.75, 3.05) is 5.32 Å². The summed E-state index contributed by atoms with van der Waals surface area (Å²) in [5.41, 5.74) is -3.80. The molecule has 2 aromatic rings.